The number of rotatable bonds is 2. The van der Waals surface area contributed by atoms with E-state index >= 15 is 0 Å². The Morgan fingerprint density at radius 1 is 1.43 bits per heavy atom. The Labute approximate surface area is 85.7 Å². The second-order valence-electron chi connectivity index (χ2n) is 3.85. The molecule has 0 saturated heterocycles. The summed E-state index contributed by atoms with van der Waals surface area (Å²) in [6, 6.07) is 6.63. The van der Waals surface area contributed by atoms with Crippen LogP contribution in [0.25, 0.3) is 0 Å². The molecule has 0 unspecified atom stereocenters. The molecule has 1 aromatic rings. The molecule has 0 amide bonds. The number of hydrogen-bond donors (Lipinski definition) is 1. The van der Waals surface area contributed by atoms with Crippen LogP contribution in [0.4, 0.5) is 5.69 Å². The first-order chi connectivity index (χ1) is 6.85. The zero-order chi connectivity index (χ0) is 9.97. The smallest absolute Gasteiger partial charge is 0.0398 e. The van der Waals surface area contributed by atoms with Crippen molar-refractivity contribution < 1.29 is 0 Å². The van der Waals surface area contributed by atoms with E-state index in [0.29, 0.717) is 6.54 Å². The number of fused-ring (bicyclic) bond motifs is 1. The molecule has 2 heteroatoms. The van der Waals surface area contributed by atoms with Crippen molar-refractivity contribution in [3.63, 3.8) is 0 Å². The average molecular weight is 190 g/mol. The minimum atomic E-state index is 0.652. The lowest BCUT2D eigenvalue weighted by Crippen LogP contribution is -2.28. The van der Waals surface area contributed by atoms with Crippen molar-refractivity contribution in [3.8, 4) is 0 Å². The van der Waals surface area contributed by atoms with Crippen molar-refractivity contribution in [2.45, 2.75) is 26.3 Å². The van der Waals surface area contributed by atoms with Crippen LogP contribution in [-0.2, 0) is 13.0 Å². The van der Waals surface area contributed by atoms with Crippen LogP contribution >= 0.6 is 0 Å². The fraction of sp³-hybridized carbons (Fsp3) is 0.500. The van der Waals surface area contributed by atoms with Gasteiger partial charge in [-0.05, 0) is 37.0 Å². The van der Waals surface area contributed by atoms with Gasteiger partial charge in [-0.25, -0.2) is 0 Å². The summed E-state index contributed by atoms with van der Waals surface area (Å²) in [6.07, 6.45) is 2.48. The van der Waals surface area contributed by atoms with Gasteiger partial charge >= 0.3 is 0 Å². The number of nitrogens with two attached hydrogens (primary N) is 1. The van der Waals surface area contributed by atoms with Crippen molar-refractivity contribution in [1.82, 2.24) is 0 Å². The average Bonchev–Trinajstić information content (AvgIpc) is 2.27. The van der Waals surface area contributed by atoms with Gasteiger partial charge in [0.05, 0.1) is 0 Å². The number of anilines is 1. The van der Waals surface area contributed by atoms with Gasteiger partial charge in [-0.2, -0.15) is 0 Å². The van der Waals surface area contributed by atoms with Crippen LogP contribution in [0.1, 0.15) is 24.5 Å². The van der Waals surface area contributed by atoms with E-state index in [-0.39, 0.29) is 0 Å². The molecule has 0 saturated carbocycles. The van der Waals surface area contributed by atoms with Crippen LogP contribution < -0.4 is 10.6 Å². The highest BCUT2D eigenvalue weighted by Crippen LogP contribution is 2.27. The molecule has 1 aromatic carbocycles. The van der Waals surface area contributed by atoms with E-state index < -0.39 is 0 Å². The first-order valence-corrected chi connectivity index (χ1v) is 5.42. The molecular formula is C12H18N2. The molecule has 0 radical (unpaired) electrons. The summed E-state index contributed by atoms with van der Waals surface area (Å²) in [6.45, 7) is 5.17. The lowest BCUT2D eigenvalue weighted by Gasteiger charge is -2.30. The minimum absolute atomic E-state index is 0.652. The normalized spacial score (nSPS) is 15.4. The fourth-order valence-corrected chi connectivity index (χ4v) is 2.18. The zero-order valence-corrected chi connectivity index (χ0v) is 8.79. The van der Waals surface area contributed by atoms with Gasteiger partial charge in [0.2, 0.25) is 0 Å². The van der Waals surface area contributed by atoms with Gasteiger partial charge < -0.3 is 10.6 Å². The first kappa shape index (κ1) is 9.53. The molecule has 76 valence electrons. The highest BCUT2D eigenvalue weighted by Gasteiger charge is 2.14. The van der Waals surface area contributed by atoms with E-state index in [4.69, 9.17) is 5.73 Å². The Bertz CT molecular complexity index is 320. The quantitative estimate of drug-likeness (QED) is 0.772. The molecule has 1 heterocycles. The maximum Gasteiger partial charge on any atom is 0.0398 e. The van der Waals surface area contributed by atoms with Gasteiger partial charge in [0.25, 0.3) is 0 Å². The van der Waals surface area contributed by atoms with Crippen molar-refractivity contribution in [2.24, 2.45) is 5.73 Å². The SMILES string of the molecule is CCN1CCCc2cc(CN)ccc21. The molecule has 14 heavy (non-hydrogen) atoms. The maximum atomic E-state index is 5.64. The monoisotopic (exact) mass is 190 g/mol. The second kappa shape index (κ2) is 4.01. The molecular weight excluding hydrogens is 172 g/mol. The summed E-state index contributed by atoms with van der Waals surface area (Å²) in [5, 5.41) is 0. The van der Waals surface area contributed by atoms with E-state index in [2.05, 4.69) is 30.0 Å². The van der Waals surface area contributed by atoms with Crippen LogP contribution in [-0.4, -0.2) is 13.1 Å². The molecule has 2 rings (SSSR count). The van der Waals surface area contributed by atoms with E-state index in [0.717, 1.165) is 6.54 Å². The van der Waals surface area contributed by atoms with Crippen LogP contribution in [0.2, 0.25) is 0 Å². The van der Waals surface area contributed by atoms with Crippen LogP contribution in [0, 0.1) is 0 Å². The minimum Gasteiger partial charge on any atom is -0.372 e. The summed E-state index contributed by atoms with van der Waals surface area (Å²) in [4.78, 5) is 2.44. The van der Waals surface area contributed by atoms with Gasteiger partial charge in [0, 0.05) is 25.3 Å². The number of nitrogens with zero attached hydrogens (tertiary/aromatic N) is 1. The molecule has 0 aromatic heterocycles. The molecule has 0 atom stereocenters. The highest BCUT2D eigenvalue weighted by atomic mass is 15.1. The van der Waals surface area contributed by atoms with E-state index in [1.807, 2.05) is 0 Å². The molecule has 0 spiro atoms. The van der Waals surface area contributed by atoms with Gasteiger partial charge in [0.1, 0.15) is 0 Å². The van der Waals surface area contributed by atoms with Crippen molar-refractivity contribution in [3.05, 3.63) is 29.3 Å². The third-order valence-corrected chi connectivity index (χ3v) is 2.98. The Hall–Kier alpha value is -1.02. The fourth-order valence-electron chi connectivity index (χ4n) is 2.18. The van der Waals surface area contributed by atoms with Gasteiger partial charge in [-0.15, -0.1) is 0 Å². The molecule has 2 N–H and O–H groups in total. The predicted octanol–water partition coefficient (Wildman–Crippen LogP) is 1.92. The van der Waals surface area contributed by atoms with Crippen molar-refractivity contribution >= 4 is 5.69 Å². The predicted molar refractivity (Wildman–Crippen MR) is 60.5 cm³/mol. The lowest BCUT2D eigenvalue weighted by molar-refractivity contribution is 0.706. The molecule has 2 nitrogen and oxygen atoms in total. The Morgan fingerprint density at radius 3 is 3.00 bits per heavy atom. The number of hydrogen-bond acceptors (Lipinski definition) is 2. The summed E-state index contributed by atoms with van der Waals surface area (Å²) in [7, 11) is 0. The van der Waals surface area contributed by atoms with Gasteiger partial charge in [-0.1, -0.05) is 12.1 Å². The molecule has 1 aliphatic rings. The maximum absolute atomic E-state index is 5.64. The third kappa shape index (κ3) is 1.62. The Morgan fingerprint density at radius 2 is 2.29 bits per heavy atom. The van der Waals surface area contributed by atoms with Crippen LogP contribution in [0.15, 0.2) is 18.2 Å². The topological polar surface area (TPSA) is 29.3 Å². The van der Waals surface area contributed by atoms with E-state index in [1.165, 1.54) is 36.2 Å². The van der Waals surface area contributed by atoms with Crippen LogP contribution in [0.3, 0.4) is 0 Å². The summed E-state index contributed by atoms with van der Waals surface area (Å²) < 4.78 is 0. The zero-order valence-electron chi connectivity index (χ0n) is 8.79. The van der Waals surface area contributed by atoms with Crippen LogP contribution in [0.5, 0.6) is 0 Å². The lowest BCUT2D eigenvalue weighted by atomic mass is 9.99. The molecule has 0 aliphatic carbocycles. The molecule has 0 fully saturated rings. The Kier molecular flexibility index (Phi) is 2.73. The summed E-state index contributed by atoms with van der Waals surface area (Å²) in [5.41, 5.74) is 9.77. The second-order valence-corrected chi connectivity index (χ2v) is 3.85. The molecule has 1 aliphatic heterocycles. The standard InChI is InChI=1S/C12H18N2/c1-2-14-7-3-4-11-8-10(9-13)5-6-12(11)14/h5-6,8H,2-4,7,9,13H2,1H3. The van der Waals surface area contributed by atoms with Crippen molar-refractivity contribution in [1.29, 1.82) is 0 Å². The van der Waals surface area contributed by atoms with E-state index in [1.54, 1.807) is 0 Å². The first-order valence-electron chi connectivity index (χ1n) is 5.42. The highest BCUT2D eigenvalue weighted by molar-refractivity contribution is 5.56. The third-order valence-electron chi connectivity index (χ3n) is 2.98. The van der Waals surface area contributed by atoms with Crippen molar-refractivity contribution in [2.75, 3.05) is 18.0 Å². The number of aryl methyl sites for hydroxylation is 1. The van der Waals surface area contributed by atoms with Gasteiger partial charge in [-0.3, -0.25) is 0 Å². The largest absolute Gasteiger partial charge is 0.372 e. The number of benzene rings is 1. The summed E-state index contributed by atoms with van der Waals surface area (Å²) >= 11 is 0. The van der Waals surface area contributed by atoms with E-state index in [9.17, 15) is 0 Å². The Balaban J connectivity index is 2.35. The summed E-state index contributed by atoms with van der Waals surface area (Å²) in [5.74, 6) is 0. The molecule has 0 bridgehead atoms. The van der Waals surface area contributed by atoms with Gasteiger partial charge in [0.15, 0.2) is 0 Å².